The van der Waals surface area contributed by atoms with Gasteiger partial charge in [0.15, 0.2) is 0 Å². The Morgan fingerprint density at radius 1 is 1.43 bits per heavy atom. The molecule has 2 heteroatoms. The third kappa shape index (κ3) is 1.62. The minimum absolute atomic E-state index is 1.00. The van der Waals surface area contributed by atoms with Gasteiger partial charge in [-0.05, 0) is 48.2 Å². The van der Waals surface area contributed by atoms with E-state index in [0.717, 1.165) is 31.7 Å². The van der Waals surface area contributed by atoms with Gasteiger partial charge in [0.25, 0.3) is 0 Å². The van der Waals surface area contributed by atoms with Gasteiger partial charge in [-0.3, -0.25) is 0 Å². The van der Waals surface area contributed by atoms with Gasteiger partial charge >= 0.3 is 0 Å². The number of fused-ring (bicyclic) bond motifs is 1. The molecule has 76 valence electrons. The average molecular weight is 191 g/mol. The van der Waals surface area contributed by atoms with Crippen LogP contribution in [0.4, 0.5) is 0 Å². The number of ether oxygens (including phenoxy) is 1. The lowest BCUT2D eigenvalue weighted by Gasteiger charge is -2.21. The Kier molecular flexibility index (Phi) is 2.73. The van der Waals surface area contributed by atoms with Crippen LogP contribution in [0.1, 0.15) is 23.6 Å². The highest BCUT2D eigenvalue weighted by molar-refractivity contribution is 5.43. The van der Waals surface area contributed by atoms with E-state index in [2.05, 4.69) is 24.4 Å². The monoisotopic (exact) mass is 191 g/mol. The zero-order chi connectivity index (χ0) is 9.97. The van der Waals surface area contributed by atoms with Gasteiger partial charge in [-0.25, -0.2) is 0 Å². The lowest BCUT2D eigenvalue weighted by atomic mass is 9.94. The first kappa shape index (κ1) is 9.53. The number of methoxy groups -OCH3 is 1. The standard InChI is InChI=1S/C12H17NO/c1-3-9-6-11(14-2)7-10-4-5-13-8-12(9)10/h6-7,13H,3-5,8H2,1-2H3. The van der Waals surface area contributed by atoms with Crippen LogP contribution in [0.5, 0.6) is 5.75 Å². The normalized spacial score (nSPS) is 15.0. The Morgan fingerprint density at radius 3 is 3.00 bits per heavy atom. The molecule has 2 nitrogen and oxygen atoms in total. The molecule has 0 amide bonds. The van der Waals surface area contributed by atoms with Crippen LogP contribution >= 0.6 is 0 Å². The summed E-state index contributed by atoms with van der Waals surface area (Å²) in [6.45, 7) is 4.30. The third-order valence-electron chi connectivity index (χ3n) is 2.90. The molecule has 1 heterocycles. The molecule has 0 aliphatic carbocycles. The van der Waals surface area contributed by atoms with Crippen molar-refractivity contribution in [3.8, 4) is 5.75 Å². The summed E-state index contributed by atoms with van der Waals surface area (Å²) in [5, 5.41) is 3.41. The molecule has 0 fully saturated rings. The molecule has 0 saturated heterocycles. The molecule has 1 aliphatic rings. The largest absolute Gasteiger partial charge is 0.497 e. The molecule has 0 unspecified atom stereocenters. The SMILES string of the molecule is CCc1cc(OC)cc2c1CNCC2. The van der Waals surface area contributed by atoms with Crippen LogP contribution in [0.3, 0.4) is 0 Å². The first-order chi connectivity index (χ1) is 6.85. The smallest absolute Gasteiger partial charge is 0.119 e. The fourth-order valence-corrected chi connectivity index (χ4v) is 2.09. The summed E-state index contributed by atoms with van der Waals surface area (Å²) in [5.74, 6) is 1.00. The van der Waals surface area contributed by atoms with Crippen molar-refractivity contribution in [2.45, 2.75) is 26.3 Å². The van der Waals surface area contributed by atoms with Crippen molar-refractivity contribution in [3.63, 3.8) is 0 Å². The van der Waals surface area contributed by atoms with Crippen molar-refractivity contribution in [1.29, 1.82) is 0 Å². The summed E-state index contributed by atoms with van der Waals surface area (Å²) in [5.41, 5.74) is 4.37. The van der Waals surface area contributed by atoms with Crippen LogP contribution in [0.2, 0.25) is 0 Å². The van der Waals surface area contributed by atoms with Crippen LogP contribution in [0.15, 0.2) is 12.1 Å². The fourth-order valence-electron chi connectivity index (χ4n) is 2.09. The number of nitrogens with one attached hydrogen (secondary N) is 1. The summed E-state index contributed by atoms with van der Waals surface area (Å²) in [7, 11) is 1.74. The molecule has 2 rings (SSSR count). The van der Waals surface area contributed by atoms with Gasteiger partial charge in [0, 0.05) is 6.54 Å². The molecule has 1 N–H and O–H groups in total. The van der Waals surface area contributed by atoms with Gasteiger partial charge in [-0.2, -0.15) is 0 Å². The molecular formula is C12H17NO. The highest BCUT2D eigenvalue weighted by Gasteiger charge is 2.13. The van der Waals surface area contributed by atoms with Gasteiger partial charge < -0.3 is 10.1 Å². The second kappa shape index (κ2) is 4.01. The van der Waals surface area contributed by atoms with Gasteiger partial charge in [-0.15, -0.1) is 0 Å². The van der Waals surface area contributed by atoms with E-state index in [-0.39, 0.29) is 0 Å². The third-order valence-corrected chi connectivity index (χ3v) is 2.90. The second-order valence-electron chi connectivity index (χ2n) is 3.70. The molecule has 0 atom stereocenters. The maximum atomic E-state index is 5.30. The van der Waals surface area contributed by atoms with E-state index in [1.165, 1.54) is 16.7 Å². The summed E-state index contributed by atoms with van der Waals surface area (Å²) < 4.78 is 5.30. The Hall–Kier alpha value is -1.02. The Balaban J connectivity index is 2.47. The van der Waals surface area contributed by atoms with E-state index in [1.54, 1.807) is 7.11 Å². The average Bonchev–Trinajstić information content (AvgIpc) is 2.27. The highest BCUT2D eigenvalue weighted by atomic mass is 16.5. The van der Waals surface area contributed by atoms with E-state index in [4.69, 9.17) is 4.74 Å². The van der Waals surface area contributed by atoms with Crippen molar-refractivity contribution >= 4 is 0 Å². The zero-order valence-corrected chi connectivity index (χ0v) is 8.89. The maximum Gasteiger partial charge on any atom is 0.119 e. The summed E-state index contributed by atoms with van der Waals surface area (Å²) in [6, 6.07) is 4.33. The van der Waals surface area contributed by atoms with Crippen molar-refractivity contribution < 1.29 is 4.74 Å². The van der Waals surface area contributed by atoms with Crippen LogP contribution in [-0.2, 0) is 19.4 Å². The van der Waals surface area contributed by atoms with E-state index < -0.39 is 0 Å². The molecule has 1 aromatic rings. The number of benzene rings is 1. The van der Waals surface area contributed by atoms with Crippen molar-refractivity contribution in [2.75, 3.05) is 13.7 Å². The molecule has 0 spiro atoms. The van der Waals surface area contributed by atoms with Gasteiger partial charge in [0.05, 0.1) is 7.11 Å². The van der Waals surface area contributed by atoms with Crippen LogP contribution in [0.25, 0.3) is 0 Å². The fraction of sp³-hybridized carbons (Fsp3) is 0.500. The van der Waals surface area contributed by atoms with E-state index >= 15 is 0 Å². The summed E-state index contributed by atoms with van der Waals surface area (Å²) in [6.07, 6.45) is 2.21. The number of rotatable bonds is 2. The lowest BCUT2D eigenvalue weighted by Crippen LogP contribution is -2.24. The van der Waals surface area contributed by atoms with Gasteiger partial charge in [0.1, 0.15) is 5.75 Å². The molecule has 0 saturated carbocycles. The Morgan fingerprint density at radius 2 is 2.29 bits per heavy atom. The number of hydrogen-bond acceptors (Lipinski definition) is 2. The molecule has 1 aromatic carbocycles. The van der Waals surface area contributed by atoms with Crippen LogP contribution in [-0.4, -0.2) is 13.7 Å². The quantitative estimate of drug-likeness (QED) is 0.771. The summed E-state index contributed by atoms with van der Waals surface area (Å²) in [4.78, 5) is 0. The molecule has 0 bridgehead atoms. The minimum Gasteiger partial charge on any atom is -0.497 e. The van der Waals surface area contributed by atoms with Crippen molar-refractivity contribution in [1.82, 2.24) is 5.32 Å². The topological polar surface area (TPSA) is 21.3 Å². The first-order valence-corrected chi connectivity index (χ1v) is 5.24. The van der Waals surface area contributed by atoms with Crippen molar-refractivity contribution in [3.05, 3.63) is 28.8 Å². The Bertz CT molecular complexity index is 316. The van der Waals surface area contributed by atoms with E-state index in [1.807, 2.05) is 0 Å². The molecule has 1 aliphatic heterocycles. The maximum absolute atomic E-state index is 5.30. The first-order valence-electron chi connectivity index (χ1n) is 5.24. The highest BCUT2D eigenvalue weighted by Crippen LogP contribution is 2.25. The predicted octanol–water partition coefficient (Wildman–Crippen LogP) is 1.90. The second-order valence-corrected chi connectivity index (χ2v) is 3.70. The van der Waals surface area contributed by atoms with Gasteiger partial charge in [-0.1, -0.05) is 6.92 Å². The zero-order valence-electron chi connectivity index (χ0n) is 8.89. The molecule has 0 aromatic heterocycles. The van der Waals surface area contributed by atoms with Crippen molar-refractivity contribution in [2.24, 2.45) is 0 Å². The number of hydrogen-bond donors (Lipinski definition) is 1. The lowest BCUT2D eigenvalue weighted by molar-refractivity contribution is 0.413. The predicted molar refractivity (Wildman–Crippen MR) is 57.8 cm³/mol. The van der Waals surface area contributed by atoms with Crippen LogP contribution < -0.4 is 10.1 Å². The molecular weight excluding hydrogens is 174 g/mol. The molecule has 14 heavy (non-hydrogen) atoms. The molecule has 0 radical (unpaired) electrons. The van der Waals surface area contributed by atoms with E-state index in [0.29, 0.717) is 0 Å². The van der Waals surface area contributed by atoms with Gasteiger partial charge in [0.2, 0.25) is 0 Å². The minimum atomic E-state index is 1.00. The summed E-state index contributed by atoms with van der Waals surface area (Å²) >= 11 is 0. The Labute approximate surface area is 85.3 Å². The van der Waals surface area contributed by atoms with Crippen LogP contribution in [0, 0.1) is 0 Å². The van der Waals surface area contributed by atoms with E-state index in [9.17, 15) is 0 Å². The number of aryl methyl sites for hydroxylation is 1.